The van der Waals surface area contributed by atoms with Crippen LogP contribution in [-0.4, -0.2) is 5.91 Å². The van der Waals surface area contributed by atoms with Crippen molar-refractivity contribution in [3.63, 3.8) is 0 Å². The van der Waals surface area contributed by atoms with Gasteiger partial charge < -0.3 is 10.1 Å². The van der Waals surface area contributed by atoms with Crippen molar-refractivity contribution in [3.8, 4) is 12.1 Å². The molecule has 24 heavy (non-hydrogen) atoms. The van der Waals surface area contributed by atoms with Gasteiger partial charge in [0.05, 0.1) is 24.5 Å². The summed E-state index contributed by atoms with van der Waals surface area (Å²) in [6.45, 7) is 7.61. The van der Waals surface area contributed by atoms with Gasteiger partial charge in [-0.2, -0.15) is 10.5 Å². The molecule has 1 rings (SSSR count). The summed E-state index contributed by atoms with van der Waals surface area (Å²) in [5.41, 5.74) is 1.25. The SMILES string of the molecule is CC/C(C#N)=C\C(=C/CC#N)OC1=CC(C(C)C)C(=O)NC(C)=C1. The Hall–Kier alpha value is -2.79. The molecule has 0 aromatic rings. The van der Waals surface area contributed by atoms with Gasteiger partial charge in [0.2, 0.25) is 5.91 Å². The van der Waals surface area contributed by atoms with Gasteiger partial charge in [-0.15, -0.1) is 0 Å². The van der Waals surface area contributed by atoms with E-state index in [0.717, 1.165) is 0 Å². The molecule has 1 aliphatic rings. The van der Waals surface area contributed by atoms with Crippen LogP contribution in [0.3, 0.4) is 0 Å². The van der Waals surface area contributed by atoms with Gasteiger partial charge >= 0.3 is 0 Å². The normalized spacial score (nSPS) is 18.8. The number of nitrogens with zero attached hydrogens (tertiary/aromatic N) is 2. The molecule has 0 bridgehead atoms. The fraction of sp³-hybridized carbons (Fsp3) is 0.421. The number of hydrogen-bond acceptors (Lipinski definition) is 4. The Morgan fingerprint density at radius 2 is 2.17 bits per heavy atom. The van der Waals surface area contributed by atoms with Crippen LogP contribution in [0.2, 0.25) is 0 Å². The molecular weight excluding hydrogens is 302 g/mol. The highest BCUT2D eigenvalue weighted by molar-refractivity contribution is 5.83. The zero-order chi connectivity index (χ0) is 18.1. The van der Waals surface area contributed by atoms with Crippen LogP contribution in [0, 0.1) is 34.5 Å². The van der Waals surface area contributed by atoms with Crippen molar-refractivity contribution in [2.24, 2.45) is 11.8 Å². The minimum atomic E-state index is -0.309. The van der Waals surface area contributed by atoms with Gasteiger partial charge in [-0.3, -0.25) is 4.79 Å². The Bertz CT molecular complexity index is 682. The van der Waals surface area contributed by atoms with Gasteiger partial charge in [-0.25, -0.2) is 0 Å². The summed E-state index contributed by atoms with van der Waals surface area (Å²) in [5.74, 6) is 0.703. The number of carbonyl (C=O) groups excluding carboxylic acids is 1. The van der Waals surface area contributed by atoms with Crippen LogP contribution in [0.5, 0.6) is 0 Å². The highest BCUT2D eigenvalue weighted by Gasteiger charge is 2.23. The van der Waals surface area contributed by atoms with Crippen LogP contribution in [-0.2, 0) is 9.53 Å². The third-order valence-corrected chi connectivity index (χ3v) is 3.52. The fourth-order valence-corrected chi connectivity index (χ4v) is 2.18. The average Bonchev–Trinajstić information content (AvgIpc) is 2.67. The van der Waals surface area contributed by atoms with Crippen molar-refractivity contribution in [2.45, 2.75) is 40.5 Å². The number of allylic oxidation sites excluding steroid dienone is 5. The van der Waals surface area contributed by atoms with E-state index in [0.29, 0.717) is 29.2 Å². The smallest absolute Gasteiger partial charge is 0.231 e. The van der Waals surface area contributed by atoms with E-state index in [1.54, 1.807) is 31.2 Å². The van der Waals surface area contributed by atoms with Crippen LogP contribution in [0.25, 0.3) is 0 Å². The van der Waals surface area contributed by atoms with Crippen molar-refractivity contribution < 1.29 is 9.53 Å². The number of hydrogen-bond donors (Lipinski definition) is 1. The largest absolute Gasteiger partial charge is 0.458 e. The molecule has 5 nitrogen and oxygen atoms in total. The fourth-order valence-electron chi connectivity index (χ4n) is 2.18. The van der Waals surface area contributed by atoms with Crippen LogP contribution < -0.4 is 5.32 Å². The predicted molar refractivity (Wildman–Crippen MR) is 91.7 cm³/mol. The monoisotopic (exact) mass is 325 g/mol. The first-order valence-corrected chi connectivity index (χ1v) is 7.97. The molecule has 5 heteroatoms. The van der Waals surface area contributed by atoms with Gasteiger partial charge in [0.25, 0.3) is 0 Å². The molecule has 0 saturated heterocycles. The molecule has 0 spiro atoms. The van der Waals surface area contributed by atoms with Crippen LogP contribution >= 0.6 is 0 Å². The summed E-state index contributed by atoms with van der Waals surface area (Å²) in [6, 6.07) is 4.14. The number of ether oxygens (including phenoxy) is 1. The molecule has 126 valence electrons. The van der Waals surface area contributed by atoms with Gasteiger partial charge in [-0.05, 0) is 43.6 Å². The molecule has 0 radical (unpaired) electrons. The van der Waals surface area contributed by atoms with E-state index in [-0.39, 0.29) is 24.2 Å². The molecule has 0 saturated carbocycles. The van der Waals surface area contributed by atoms with E-state index in [1.807, 2.05) is 26.8 Å². The number of nitrogens with one attached hydrogen (secondary N) is 1. The second-order valence-corrected chi connectivity index (χ2v) is 5.86. The van der Waals surface area contributed by atoms with Crippen molar-refractivity contribution in [3.05, 3.63) is 47.1 Å². The summed E-state index contributed by atoms with van der Waals surface area (Å²) in [7, 11) is 0. The first kappa shape index (κ1) is 19.3. The van der Waals surface area contributed by atoms with Crippen molar-refractivity contribution in [1.82, 2.24) is 5.32 Å². The topological polar surface area (TPSA) is 85.9 Å². The molecule has 0 fully saturated rings. The molecule has 0 aromatic heterocycles. The second-order valence-electron chi connectivity index (χ2n) is 5.86. The van der Waals surface area contributed by atoms with Gasteiger partial charge in [-0.1, -0.05) is 20.8 Å². The number of nitriles is 2. The molecule has 1 aliphatic heterocycles. The minimum absolute atomic E-state index is 0.0679. The Morgan fingerprint density at radius 1 is 1.46 bits per heavy atom. The van der Waals surface area contributed by atoms with E-state index in [9.17, 15) is 4.79 Å². The highest BCUT2D eigenvalue weighted by Crippen LogP contribution is 2.23. The number of carbonyl (C=O) groups is 1. The Balaban J connectivity index is 3.19. The lowest BCUT2D eigenvalue weighted by Gasteiger charge is -2.15. The third-order valence-electron chi connectivity index (χ3n) is 3.52. The molecule has 1 N–H and O–H groups in total. The Labute approximate surface area is 143 Å². The van der Waals surface area contributed by atoms with Crippen molar-refractivity contribution in [2.75, 3.05) is 0 Å². The molecule has 0 aliphatic carbocycles. The minimum Gasteiger partial charge on any atom is -0.458 e. The zero-order valence-corrected chi connectivity index (χ0v) is 14.6. The summed E-state index contributed by atoms with van der Waals surface area (Å²) >= 11 is 0. The van der Waals surface area contributed by atoms with Crippen molar-refractivity contribution >= 4 is 5.91 Å². The van der Waals surface area contributed by atoms with E-state index < -0.39 is 0 Å². The summed E-state index contributed by atoms with van der Waals surface area (Å²) < 4.78 is 5.88. The number of amides is 1. The summed E-state index contributed by atoms with van der Waals surface area (Å²) in [5, 5.41) is 20.7. The predicted octanol–water partition coefficient (Wildman–Crippen LogP) is 3.85. The summed E-state index contributed by atoms with van der Waals surface area (Å²) in [4.78, 5) is 12.2. The Kier molecular flexibility index (Phi) is 7.52. The lowest BCUT2D eigenvalue weighted by Crippen LogP contribution is -2.30. The van der Waals surface area contributed by atoms with Crippen molar-refractivity contribution in [1.29, 1.82) is 10.5 Å². The standard InChI is InChI=1S/C19H23N3O2/c1-5-15(12-21)10-16(7-6-8-20)24-17-9-14(4)22-19(23)18(11-17)13(2)3/h7,9-11,13,18H,5-6H2,1-4H3,(H,22,23)/b15-10+,16-7+. The van der Waals surface area contributed by atoms with Gasteiger partial charge in [0.15, 0.2) is 0 Å². The summed E-state index contributed by atoms with van der Waals surface area (Å²) in [6.07, 6.45) is 7.53. The second kappa shape index (κ2) is 9.37. The lowest BCUT2D eigenvalue weighted by atomic mass is 9.94. The molecular formula is C19H23N3O2. The third kappa shape index (κ3) is 5.78. The quantitative estimate of drug-likeness (QED) is 0.456. The van der Waals surface area contributed by atoms with Crippen LogP contribution in [0.15, 0.2) is 47.1 Å². The van der Waals surface area contributed by atoms with E-state index in [4.69, 9.17) is 15.3 Å². The molecule has 0 aromatic carbocycles. The number of rotatable bonds is 6. The molecule has 1 atom stereocenters. The van der Waals surface area contributed by atoms with Crippen LogP contribution in [0.1, 0.15) is 40.5 Å². The van der Waals surface area contributed by atoms with E-state index in [2.05, 4.69) is 11.4 Å². The first-order chi connectivity index (χ1) is 11.4. The maximum Gasteiger partial charge on any atom is 0.231 e. The molecule has 1 heterocycles. The molecule has 1 amide bonds. The van der Waals surface area contributed by atoms with Gasteiger partial charge in [0, 0.05) is 11.3 Å². The zero-order valence-electron chi connectivity index (χ0n) is 14.6. The highest BCUT2D eigenvalue weighted by atomic mass is 16.5. The van der Waals surface area contributed by atoms with Gasteiger partial charge in [0.1, 0.15) is 11.5 Å². The maximum atomic E-state index is 12.2. The first-order valence-electron chi connectivity index (χ1n) is 7.97. The average molecular weight is 325 g/mol. The Morgan fingerprint density at radius 3 is 2.71 bits per heavy atom. The lowest BCUT2D eigenvalue weighted by molar-refractivity contribution is -0.123. The maximum absolute atomic E-state index is 12.2. The van der Waals surface area contributed by atoms with E-state index >= 15 is 0 Å². The molecule has 1 unspecified atom stereocenters. The van der Waals surface area contributed by atoms with E-state index in [1.165, 1.54) is 0 Å². The van der Waals surface area contributed by atoms with Crippen LogP contribution in [0.4, 0.5) is 0 Å².